The van der Waals surface area contributed by atoms with Gasteiger partial charge in [0.2, 0.25) is 10.0 Å². The molecule has 1 aliphatic rings. The van der Waals surface area contributed by atoms with Gasteiger partial charge in [-0.1, -0.05) is 17.7 Å². The summed E-state index contributed by atoms with van der Waals surface area (Å²) in [4.78, 5) is 0.333. The Kier molecular flexibility index (Phi) is 3.75. The molecule has 1 saturated heterocycles. The van der Waals surface area contributed by atoms with Crippen molar-refractivity contribution in [3.63, 3.8) is 0 Å². The van der Waals surface area contributed by atoms with E-state index in [2.05, 4.69) is 0 Å². The maximum Gasteiger partial charge on any atom is 0.243 e. The highest BCUT2D eigenvalue weighted by Crippen LogP contribution is 2.26. The molecule has 0 aliphatic carbocycles. The van der Waals surface area contributed by atoms with Gasteiger partial charge in [-0.25, -0.2) is 8.42 Å². The summed E-state index contributed by atoms with van der Waals surface area (Å²) in [6.45, 7) is 4.54. The third-order valence-electron chi connectivity index (χ3n) is 3.53. The van der Waals surface area contributed by atoms with Crippen molar-refractivity contribution in [1.82, 2.24) is 4.31 Å². The molecule has 0 radical (unpaired) electrons. The first-order valence-electron chi connectivity index (χ1n) is 6.16. The van der Waals surface area contributed by atoms with Crippen LogP contribution in [-0.4, -0.2) is 37.0 Å². The lowest BCUT2D eigenvalue weighted by Gasteiger charge is -2.17. The highest BCUT2D eigenvalue weighted by atomic mass is 32.2. The number of sulfonamides is 1. The largest absolute Gasteiger partial charge is 0.393 e. The van der Waals surface area contributed by atoms with Crippen molar-refractivity contribution in [2.75, 3.05) is 13.1 Å². The molecule has 1 aromatic carbocycles. The van der Waals surface area contributed by atoms with Crippen LogP contribution in [0.5, 0.6) is 0 Å². The number of aryl methyl sites for hydroxylation is 1. The molecular weight excluding hydrogens is 250 g/mol. The molecule has 1 heterocycles. The molecule has 18 heavy (non-hydrogen) atoms. The average Bonchev–Trinajstić information content (AvgIpc) is 2.79. The Hall–Kier alpha value is -0.910. The summed E-state index contributed by atoms with van der Waals surface area (Å²) >= 11 is 0. The standard InChI is InChI=1S/C13H19NO3S/c1-10-3-5-13(6-4-10)18(16,17)14-8-7-12(9-14)11(2)15/h3-6,11-12,15H,7-9H2,1-2H3. The molecular formula is C13H19NO3S. The molecule has 0 bridgehead atoms. The summed E-state index contributed by atoms with van der Waals surface area (Å²) < 4.78 is 26.2. The molecule has 1 aliphatic heterocycles. The minimum absolute atomic E-state index is 0.0465. The fourth-order valence-corrected chi connectivity index (χ4v) is 3.74. The molecule has 4 nitrogen and oxygen atoms in total. The van der Waals surface area contributed by atoms with E-state index in [-0.39, 0.29) is 5.92 Å². The van der Waals surface area contributed by atoms with Crippen LogP contribution in [-0.2, 0) is 10.0 Å². The molecule has 2 atom stereocenters. The summed E-state index contributed by atoms with van der Waals surface area (Å²) in [5.74, 6) is 0.0465. The molecule has 1 N–H and O–H groups in total. The zero-order chi connectivity index (χ0) is 13.3. The second kappa shape index (κ2) is 4.99. The Bertz CT molecular complexity index is 508. The smallest absolute Gasteiger partial charge is 0.243 e. The van der Waals surface area contributed by atoms with Crippen molar-refractivity contribution in [3.8, 4) is 0 Å². The molecule has 2 unspecified atom stereocenters. The summed E-state index contributed by atoms with van der Waals surface area (Å²) in [5.41, 5.74) is 1.04. The lowest BCUT2D eigenvalue weighted by Crippen LogP contribution is -2.30. The van der Waals surface area contributed by atoms with E-state index in [0.29, 0.717) is 18.0 Å². The summed E-state index contributed by atoms with van der Waals surface area (Å²) in [6.07, 6.45) is 0.270. The van der Waals surface area contributed by atoms with Crippen LogP contribution >= 0.6 is 0 Å². The number of benzene rings is 1. The Morgan fingerprint density at radius 1 is 1.33 bits per heavy atom. The van der Waals surface area contributed by atoms with E-state index >= 15 is 0 Å². The van der Waals surface area contributed by atoms with Crippen LogP contribution < -0.4 is 0 Å². The molecule has 1 aromatic rings. The van der Waals surface area contributed by atoms with Crippen molar-refractivity contribution in [2.24, 2.45) is 5.92 Å². The quantitative estimate of drug-likeness (QED) is 0.902. The number of rotatable bonds is 3. The highest BCUT2D eigenvalue weighted by molar-refractivity contribution is 7.89. The van der Waals surface area contributed by atoms with Gasteiger partial charge in [-0.15, -0.1) is 0 Å². The number of aliphatic hydroxyl groups is 1. The SMILES string of the molecule is Cc1ccc(S(=O)(=O)N2CCC(C(C)O)C2)cc1. The number of hydrogen-bond donors (Lipinski definition) is 1. The van der Waals surface area contributed by atoms with E-state index in [4.69, 9.17) is 0 Å². The Balaban J connectivity index is 2.20. The van der Waals surface area contributed by atoms with Crippen molar-refractivity contribution in [1.29, 1.82) is 0 Å². The zero-order valence-corrected chi connectivity index (χ0v) is 11.5. The predicted octanol–water partition coefficient (Wildman–Crippen LogP) is 1.39. The molecule has 0 saturated carbocycles. The lowest BCUT2D eigenvalue weighted by molar-refractivity contribution is 0.133. The predicted molar refractivity (Wildman–Crippen MR) is 69.7 cm³/mol. The first-order valence-corrected chi connectivity index (χ1v) is 7.60. The lowest BCUT2D eigenvalue weighted by atomic mass is 10.0. The highest BCUT2D eigenvalue weighted by Gasteiger charge is 2.34. The fraction of sp³-hybridized carbons (Fsp3) is 0.538. The van der Waals surface area contributed by atoms with Crippen molar-refractivity contribution < 1.29 is 13.5 Å². The van der Waals surface area contributed by atoms with Gasteiger partial charge in [0.15, 0.2) is 0 Å². The summed E-state index contributed by atoms with van der Waals surface area (Å²) in [6, 6.07) is 6.88. The maximum absolute atomic E-state index is 12.4. The number of aliphatic hydroxyl groups excluding tert-OH is 1. The van der Waals surface area contributed by atoms with Gasteiger partial charge < -0.3 is 5.11 Å². The monoisotopic (exact) mass is 269 g/mol. The van der Waals surface area contributed by atoms with Crippen molar-refractivity contribution in [3.05, 3.63) is 29.8 Å². The van der Waals surface area contributed by atoms with Gasteiger partial charge >= 0.3 is 0 Å². The first-order chi connectivity index (χ1) is 8.41. The molecule has 5 heteroatoms. The van der Waals surface area contributed by atoms with Crippen LogP contribution in [0.2, 0.25) is 0 Å². The van der Waals surface area contributed by atoms with E-state index < -0.39 is 16.1 Å². The third-order valence-corrected chi connectivity index (χ3v) is 5.41. The van der Waals surface area contributed by atoms with Gasteiger partial charge in [-0.3, -0.25) is 0 Å². The van der Waals surface area contributed by atoms with Crippen LogP contribution in [0.1, 0.15) is 18.9 Å². The molecule has 0 aromatic heterocycles. The molecule has 0 spiro atoms. The van der Waals surface area contributed by atoms with Gasteiger partial charge in [0.1, 0.15) is 0 Å². The number of nitrogens with zero attached hydrogens (tertiary/aromatic N) is 1. The van der Waals surface area contributed by atoms with E-state index in [0.717, 1.165) is 12.0 Å². The van der Waals surface area contributed by atoms with E-state index in [1.165, 1.54) is 4.31 Å². The summed E-state index contributed by atoms with van der Waals surface area (Å²) in [7, 11) is -3.40. The fourth-order valence-electron chi connectivity index (χ4n) is 2.23. The van der Waals surface area contributed by atoms with Gasteiger partial charge in [0.05, 0.1) is 11.0 Å². The minimum Gasteiger partial charge on any atom is -0.393 e. The van der Waals surface area contributed by atoms with Crippen molar-refractivity contribution in [2.45, 2.75) is 31.3 Å². The average molecular weight is 269 g/mol. The van der Waals surface area contributed by atoms with E-state index in [9.17, 15) is 13.5 Å². The Morgan fingerprint density at radius 3 is 2.44 bits per heavy atom. The second-order valence-electron chi connectivity index (χ2n) is 4.97. The van der Waals surface area contributed by atoms with Crippen LogP contribution in [0.25, 0.3) is 0 Å². The van der Waals surface area contributed by atoms with Crippen molar-refractivity contribution >= 4 is 10.0 Å². The topological polar surface area (TPSA) is 57.6 Å². The molecule has 1 fully saturated rings. The maximum atomic E-state index is 12.4. The summed E-state index contributed by atoms with van der Waals surface area (Å²) in [5, 5.41) is 9.52. The van der Waals surface area contributed by atoms with Crippen LogP contribution in [0.3, 0.4) is 0 Å². The van der Waals surface area contributed by atoms with Crippen LogP contribution in [0.4, 0.5) is 0 Å². The molecule has 0 amide bonds. The normalized spacial score (nSPS) is 23.2. The van der Waals surface area contributed by atoms with Gasteiger partial charge in [0, 0.05) is 13.1 Å². The third kappa shape index (κ3) is 2.58. The van der Waals surface area contributed by atoms with E-state index in [1.54, 1.807) is 31.2 Å². The van der Waals surface area contributed by atoms with Crippen LogP contribution in [0.15, 0.2) is 29.2 Å². The first kappa shape index (κ1) is 13.5. The Labute approximate surface area is 108 Å². The minimum atomic E-state index is -3.40. The van der Waals surface area contributed by atoms with Gasteiger partial charge in [-0.05, 0) is 38.3 Å². The van der Waals surface area contributed by atoms with E-state index in [1.807, 2.05) is 6.92 Å². The van der Waals surface area contributed by atoms with Gasteiger partial charge in [-0.2, -0.15) is 4.31 Å². The number of hydrogen-bond acceptors (Lipinski definition) is 3. The van der Waals surface area contributed by atoms with Crippen LogP contribution in [0, 0.1) is 12.8 Å². The van der Waals surface area contributed by atoms with Gasteiger partial charge in [0.25, 0.3) is 0 Å². The zero-order valence-electron chi connectivity index (χ0n) is 10.7. The Morgan fingerprint density at radius 2 is 1.94 bits per heavy atom. The second-order valence-corrected chi connectivity index (χ2v) is 6.90. The molecule has 2 rings (SSSR count). The molecule has 100 valence electrons.